The summed E-state index contributed by atoms with van der Waals surface area (Å²) in [4.78, 5) is 11.9. The fraction of sp³-hybridized carbons (Fsp3) is 0. The van der Waals surface area contributed by atoms with Crippen LogP contribution in [0.1, 0.15) is 10.4 Å². The molecule has 1 nitrogen and oxygen atoms in total. The first-order valence-electron chi connectivity index (χ1n) is 4.11. The average molecular weight is 223 g/mol. The standard InChI is InChI=1S/C11H7ClOS/c12-11(13)9-6-10(14-7-9)8-4-2-1-3-5-8/h1-7H. The summed E-state index contributed by atoms with van der Waals surface area (Å²) in [5.74, 6) is 0. The Morgan fingerprint density at radius 1 is 1.21 bits per heavy atom. The summed E-state index contributed by atoms with van der Waals surface area (Å²) >= 11 is 6.90. The molecule has 0 aliphatic carbocycles. The topological polar surface area (TPSA) is 17.1 Å². The number of benzene rings is 1. The molecule has 1 aromatic carbocycles. The van der Waals surface area contributed by atoms with Gasteiger partial charge in [-0.2, -0.15) is 0 Å². The fourth-order valence-electron chi connectivity index (χ4n) is 1.19. The summed E-state index contributed by atoms with van der Waals surface area (Å²) < 4.78 is 0. The largest absolute Gasteiger partial charge is 0.276 e. The maximum Gasteiger partial charge on any atom is 0.253 e. The highest BCUT2D eigenvalue weighted by atomic mass is 35.5. The van der Waals surface area contributed by atoms with Crippen molar-refractivity contribution in [2.24, 2.45) is 0 Å². The summed E-state index contributed by atoms with van der Waals surface area (Å²) in [6.45, 7) is 0. The second kappa shape index (κ2) is 3.95. The molecule has 14 heavy (non-hydrogen) atoms. The quantitative estimate of drug-likeness (QED) is 0.707. The molecule has 0 bridgehead atoms. The van der Waals surface area contributed by atoms with Gasteiger partial charge in [0.05, 0.1) is 0 Å². The van der Waals surface area contributed by atoms with Gasteiger partial charge in [0.2, 0.25) is 0 Å². The van der Waals surface area contributed by atoms with E-state index in [0.29, 0.717) is 5.56 Å². The molecule has 0 unspecified atom stereocenters. The molecule has 0 fully saturated rings. The van der Waals surface area contributed by atoms with E-state index in [9.17, 15) is 4.79 Å². The van der Waals surface area contributed by atoms with Gasteiger partial charge in [0.1, 0.15) is 0 Å². The number of carbonyl (C=O) groups excluding carboxylic acids is 1. The van der Waals surface area contributed by atoms with E-state index >= 15 is 0 Å². The minimum Gasteiger partial charge on any atom is -0.276 e. The molecule has 0 atom stereocenters. The Labute approximate surface area is 91.0 Å². The van der Waals surface area contributed by atoms with E-state index in [2.05, 4.69) is 0 Å². The van der Waals surface area contributed by atoms with Crippen molar-refractivity contribution in [3.63, 3.8) is 0 Å². The summed E-state index contributed by atoms with van der Waals surface area (Å²) in [7, 11) is 0. The molecular formula is C11H7ClOS. The van der Waals surface area contributed by atoms with Crippen LogP contribution < -0.4 is 0 Å². The minimum atomic E-state index is -0.400. The lowest BCUT2D eigenvalue weighted by molar-refractivity contribution is 0.108. The Morgan fingerprint density at radius 2 is 1.93 bits per heavy atom. The summed E-state index contributed by atoms with van der Waals surface area (Å²) in [6, 6.07) is 11.7. The predicted octanol–water partition coefficient (Wildman–Crippen LogP) is 3.79. The van der Waals surface area contributed by atoms with Crippen molar-refractivity contribution < 1.29 is 4.79 Å². The Bertz CT molecular complexity index is 447. The van der Waals surface area contributed by atoms with Crippen LogP contribution in [-0.2, 0) is 0 Å². The molecule has 2 rings (SSSR count). The molecule has 0 saturated carbocycles. The lowest BCUT2D eigenvalue weighted by Gasteiger charge is -1.93. The van der Waals surface area contributed by atoms with Gasteiger partial charge in [-0.1, -0.05) is 30.3 Å². The van der Waals surface area contributed by atoms with Gasteiger partial charge in [-0.15, -0.1) is 11.3 Å². The van der Waals surface area contributed by atoms with Gasteiger partial charge in [-0.3, -0.25) is 4.79 Å². The van der Waals surface area contributed by atoms with E-state index in [1.165, 1.54) is 11.3 Å². The number of halogens is 1. The van der Waals surface area contributed by atoms with Crippen molar-refractivity contribution in [2.45, 2.75) is 0 Å². The van der Waals surface area contributed by atoms with Crippen LogP contribution >= 0.6 is 22.9 Å². The van der Waals surface area contributed by atoms with Crippen LogP contribution in [0.3, 0.4) is 0 Å². The summed E-state index contributed by atoms with van der Waals surface area (Å²) in [6.07, 6.45) is 0. The molecule has 0 aliphatic heterocycles. The normalized spacial score (nSPS) is 10.1. The zero-order valence-electron chi connectivity index (χ0n) is 7.24. The molecule has 0 spiro atoms. The summed E-state index contributed by atoms with van der Waals surface area (Å²) in [5, 5.41) is 1.38. The van der Waals surface area contributed by atoms with Crippen molar-refractivity contribution in [2.75, 3.05) is 0 Å². The lowest BCUT2D eigenvalue weighted by atomic mass is 10.2. The molecule has 1 aromatic heterocycles. The predicted molar refractivity (Wildman–Crippen MR) is 59.9 cm³/mol. The van der Waals surface area contributed by atoms with Gasteiger partial charge >= 0.3 is 0 Å². The molecule has 70 valence electrons. The molecule has 0 N–H and O–H groups in total. The molecular weight excluding hydrogens is 216 g/mol. The van der Waals surface area contributed by atoms with Crippen molar-refractivity contribution in [1.82, 2.24) is 0 Å². The van der Waals surface area contributed by atoms with E-state index in [1.54, 1.807) is 5.38 Å². The number of hydrogen-bond donors (Lipinski definition) is 0. The SMILES string of the molecule is O=C(Cl)c1csc(-c2ccccc2)c1. The van der Waals surface area contributed by atoms with Gasteiger partial charge < -0.3 is 0 Å². The van der Waals surface area contributed by atoms with Crippen LogP contribution in [-0.4, -0.2) is 5.24 Å². The van der Waals surface area contributed by atoms with Crippen molar-refractivity contribution >= 4 is 28.2 Å². The fourth-order valence-corrected chi connectivity index (χ4v) is 2.26. The first-order valence-corrected chi connectivity index (χ1v) is 5.37. The highest BCUT2D eigenvalue weighted by Crippen LogP contribution is 2.27. The lowest BCUT2D eigenvalue weighted by Crippen LogP contribution is -1.81. The Kier molecular flexibility index (Phi) is 2.66. The van der Waals surface area contributed by atoms with Crippen molar-refractivity contribution in [3.8, 4) is 10.4 Å². The van der Waals surface area contributed by atoms with Gasteiger partial charge in [-0.25, -0.2) is 0 Å². The molecule has 1 heterocycles. The van der Waals surface area contributed by atoms with Gasteiger partial charge in [-0.05, 0) is 23.2 Å². The van der Waals surface area contributed by atoms with Crippen LogP contribution in [0.5, 0.6) is 0 Å². The van der Waals surface area contributed by atoms with Crippen LogP contribution in [0.4, 0.5) is 0 Å². The molecule has 0 saturated heterocycles. The van der Waals surface area contributed by atoms with E-state index < -0.39 is 5.24 Å². The van der Waals surface area contributed by atoms with Crippen molar-refractivity contribution in [1.29, 1.82) is 0 Å². The average Bonchev–Trinajstić information content (AvgIpc) is 2.68. The third-order valence-corrected chi connectivity index (χ3v) is 3.08. The van der Waals surface area contributed by atoms with E-state index in [1.807, 2.05) is 36.4 Å². The smallest absolute Gasteiger partial charge is 0.253 e. The monoisotopic (exact) mass is 222 g/mol. The molecule has 0 aliphatic rings. The number of hydrogen-bond acceptors (Lipinski definition) is 2. The zero-order chi connectivity index (χ0) is 9.97. The van der Waals surface area contributed by atoms with Crippen LogP contribution in [0.25, 0.3) is 10.4 Å². The second-order valence-electron chi connectivity index (χ2n) is 2.84. The Morgan fingerprint density at radius 3 is 2.50 bits per heavy atom. The maximum absolute atomic E-state index is 10.9. The molecule has 2 aromatic rings. The van der Waals surface area contributed by atoms with Crippen LogP contribution in [0.2, 0.25) is 0 Å². The van der Waals surface area contributed by atoms with Gasteiger partial charge in [0, 0.05) is 15.8 Å². The second-order valence-corrected chi connectivity index (χ2v) is 4.09. The number of rotatable bonds is 2. The third-order valence-electron chi connectivity index (χ3n) is 1.88. The van der Waals surface area contributed by atoms with Crippen molar-refractivity contribution in [3.05, 3.63) is 47.3 Å². The zero-order valence-corrected chi connectivity index (χ0v) is 8.81. The number of thiophene rings is 1. The molecule has 0 amide bonds. The Hall–Kier alpha value is -1.12. The summed E-state index contributed by atoms with van der Waals surface area (Å²) in [5.41, 5.74) is 1.68. The maximum atomic E-state index is 10.9. The van der Waals surface area contributed by atoms with E-state index in [4.69, 9.17) is 11.6 Å². The first-order chi connectivity index (χ1) is 6.77. The molecule has 0 radical (unpaired) electrons. The third kappa shape index (κ3) is 1.86. The minimum absolute atomic E-state index is 0.400. The highest BCUT2D eigenvalue weighted by molar-refractivity contribution is 7.14. The van der Waals surface area contributed by atoms with Crippen LogP contribution in [0.15, 0.2) is 41.8 Å². The molecule has 3 heteroatoms. The van der Waals surface area contributed by atoms with Gasteiger partial charge in [0.25, 0.3) is 5.24 Å². The number of carbonyl (C=O) groups is 1. The highest BCUT2D eigenvalue weighted by Gasteiger charge is 2.06. The Balaban J connectivity index is 2.39. The van der Waals surface area contributed by atoms with E-state index in [-0.39, 0.29) is 0 Å². The van der Waals surface area contributed by atoms with Gasteiger partial charge in [0.15, 0.2) is 0 Å². The van der Waals surface area contributed by atoms with Crippen LogP contribution in [0, 0.1) is 0 Å². The first kappa shape index (κ1) is 9.44. The van der Waals surface area contributed by atoms with E-state index in [0.717, 1.165) is 10.4 Å².